The van der Waals surface area contributed by atoms with Crippen LogP contribution in [0.25, 0.3) is 0 Å². The van der Waals surface area contributed by atoms with E-state index < -0.39 is 0 Å². The summed E-state index contributed by atoms with van der Waals surface area (Å²) in [6.45, 7) is 3.66. The monoisotopic (exact) mass is 312 g/mol. The molecule has 1 saturated heterocycles. The van der Waals surface area contributed by atoms with Gasteiger partial charge in [-0.15, -0.1) is 0 Å². The van der Waals surface area contributed by atoms with Gasteiger partial charge in [-0.05, 0) is 43.8 Å². The number of aromatic nitrogens is 3. The molecule has 0 radical (unpaired) electrons. The number of piperidine rings is 1. The van der Waals surface area contributed by atoms with Crippen LogP contribution in [0.15, 0.2) is 0 Å². The van der Waals surface area contributed by atoms with E-state index in [4.69, 9.17) is 17.0 Å². The van der Waals surface area contributed by atoms with Gasteiger partial charge in [0.1, 0.15) is 6.61 Å². The molecule has 1 N–H and O–H groups in total. The van der Waals surface area contributed by atoms with E-state index in [0.29, 0.717) is 17.8 Å². The molecule has 1 aliphatic heterocycles. The van der Waals surface area contributed by atoms with Crippen molar-refractivity contribution in [1.82, 2.24) is 19.2 Å². The first-order valence-electron chi connectivity index (χ1n) is 7.73. The van der Waals surface area contributed by atoms with Crippen molar-refractivity contribution in [2.75, 3.05) is 26.8 Å². The van der Waals surface area contributed by atoms with Gasteiger partial charge in [0.15, 0.2) is 10.6 Å². The van der Waals surface area contributed by atoms with Crippen molar-refractivity contribution in [3.8, 4) is 0 Å². The summed E-state index contributed by atoms with van der Waals surface area (Å²) >= 11 is 5.53. The standard InChI is InChI=1S/C14H24N4O2S/c1-20-9-11-4-6-16(7-5-11)10-17-14(21)18(12-2-3-12)13(8-19)15-17/h11-12,19H,2-10H2,1H3. The van der Waals surface area contributed by atoms with E-state index >= 15 is 0 Å². The molecule has 2 aliphatic rings. The van der Waals surface area contributed by atoms with Crippen LogP contribution in [-0.4, -0.2) is 51.2 Å². The average Bonchev–Trinajstić information content (AvgIpc) is 3.27. The maximum Gasteiger partial charge on any atom is 0.199 e. The summed E-state index contributed by atoms with van der Waals surface area (Å²) in [5.41, 5.74) is 0. The predicted molar refractivity (Wildman–Crippen MR) is 81.4 cm³/mol. The van der Waals surface area contributed by atoms with Gasteiger partial charge in [-0.2, -0.15) is 5.10 Å². The third-order valence-corrected chi connectivity index (χ3v) is 4.85. The number of ether oxygens (including phenoxy) is 1. The summed E-state index contributed by atoms with van der Waals surface area (Å²) in [5, 5.41) is 14.0. The van der Waals surface area contributed by atoms with Gasteiger partial charge in [0, 0.05) is 32.8 Å². The highest BCUT2D eigenvalue weighted by atomic mass is 32.1. The molecule has 2 heterocycles. The molecule has 0 bridgehead atoms. The summed E-state index contributed by atoms with van der Waals surface area (Å²) < 4.78 is 9.89. The number of hydrogen-bond donors (Lipinski definition) is 1. The van der Waals surface area contributed by atoms with Gasteiger partial charge in [-0.3, -0.25) is 9.47 Å². The molecule has 2 fully saturated rings. The van der Waals surface area contributed by atoms with Crippen LogP contribution in [0.4, 0.5) is 0 Å². The smallest absolute Gasteiger partial charge is 0.199 e. The zero-order valence-corrected chi connectivity index (χ0v) is 13.4. The zero-order valence-electron chi connectivity index (χ0n) is 12.6. The van der Waals surface area contributed by atoms with Gasteiger partial charge in [0.2, 0.25) is 0 Å². The quantitative estimate of drug-likeness (QED) is 0.808. The number of hydrogen-bond acceptors (Lipinski definition) is 5. The van der Waals surface area contributed by atoms with Crippen LogP contribution < -0.4 is 0 Å². The van der Waals surface area contributed by atoms with Crippen molar-refractivity contribution >= 4 is 12.2 Å². The Bertz CT molecular complexity index is 530. The van der Waals surface area contributed by atoms with Gasteiger partial charge in [0.05, 0.1) is 6.67 Å². The minimum absolute atomic E-state index is 0.0386. The second-order valence-corrected chi connectivity index (χ2v) is 6.48. The topological polar surface area (TPSA) is 55.4 Å². The van der Waals surface area contributed by atoms with E-state index in [-0.39, 0.29) is 6.61 Å². The molecule has 0 atom stereocenters. The summed E-state index contributed by atoms with van der Waals surface area (Å²) in [5.74, 6) is 1.38. The Morgan fingerprint density at radius 3 is 2.57 bits per heavy atom. The first kappa shape index (κ1) is 15.1. The van der Waals surface area contributed by atoms with E-state index in [0.717, 1.165) is 56.8 Å². The lowest BCUT2D eigenvalue weighted by atomic mass is 9.98. The molecule has 1 saturated carbocycles. The Balaban J connectivity index is 1.64. The Hall–Kier alpha value is -0.760. The lowest BCUT2D eigenvalue weighted by molar-refractivity contribution is 0.0835. The number of aliphatic hydroxyl groups is 1. The normalized spacial score (nSPS) is 21.0. The predicted octanol–water partition coefficient (Wildman–Crippen LogP) is 1.56. The second-order valence-electron chi connectivity index (χ2n) is 6.12. The molecule has 0 aromatic carbocycles. The van der Waals surface area contributed by atoms with Crippen LogP contribution in [0, 0.1) is 10.7 Å². The molecule has 6 nitrogen and oxygen atoms in total. The minimum atomic E-state index is -0.0386. The number of aliphatic hydroxyl groups excluding tert-OH is 1. The summed E-state index contributed by atoms with van der Waals surface area (Å²) in [7, 11) is 1.77. The van der Waals surface area contributed by atoms with Crippen LogP contribution in [0.5, 0.6) is 0 Å². The Morgan fingerprint density at radius 1 is 1.29 bits per heavy atom. The molecule has 1 aromatic rings. The first-order chi connectivity index (χ1) is 10.2. The highest BCUT2D eigenvalue weighted by Crippen LogP contribution is 2.36. The van der Waals surface area contributed by atoms with Gasteiger partial charge in [-0.1, -0.05) is 0 Å². The molecule has 0 unspecified atom stereocenters. The number of methoxy groups -OCH3 is 1. The van der Waals surface area contributed by atoms with Crippen LogP contribution in [0.1, 0.15) is 37.5 Å². The maximum atomic E-state index is 9.46. The molecule has 0 amide bonds. The molecule has 0 spiro atoms. The largest absolute Gasteiger partial charge is 0.388 e. The van der Waals surface area contributed by atoms with Crippen molar-refractivity contribution in [3.63, 3.8) is 0 Å². The van der Waals surface area contributed by atoms with Crippen LogP contribution in [-0.2, 0) is 18.0 Å². The fourth-order valence-electron chi connectivity index (χ4n) is 3.08. The Kier molecular flexibility index (Phi) is 4.73. The molecule has 3 rings (SSSR count). The fourth-order valence-corrected chi connectivity index (χ4v) is 3.44. The van der Waals surface area contributed by atoms with Crippen LogP contribution in [0.2, 0.25) is 0 Å². The number of rotatable bonds is 6. The van der Waals surface area contributed by atoms with Crippen molar-refractivity contribution in [1.29, 1.82) is 0 Å². The van der Waals surface area contributed by atoms with Crippen molar-refractivity contribution < 1.29 is 9.84 Å². The lowest BCUT2D eigenvalue weighted by Crippen LogP contribution is -2.36. The average molecular weight is 312 g/mol. The molecule has 118 valence electrons. The third-order valence-electron chi connectivity index (χ3n) is 4.44. The van der Waals surface area contributed by atoms with Gasteiger partial charge >= 0.3 is 0 Å². The molecule has 1 aromatic heterocycles. The Labute approximate surface area is 130 Å². The SMILES string of the molecule is COCC1CCN(Cn2nc(CO)n(C3CC3)c2=S)CC1. The Morgan fingerprint density at radius 2 is 2.00 bits per heavy atom. The molecule has 7 heteroatoms. The van der Waals surface area contributed by atoms with Crippen molar-refractivity contribution in [2.45, 2.75) is 45.0 Å². The van der Waals surface area contributed by atoms with Gasteiger partial charge in [0.25, 0.3) is 0 Å². The highest BCUT2D eigenvalue weighted by Gasteiger charge is 2.28. The number of likely N-dealkylation sites (tertiary alicyclic amines) is 1. The fraction of sp³-hybridized carbons (Fsp3) is 0.857. The van der Waals surface area contributed by atoms with E-state index in [2.05, 4.69) is 10.00 Å². The summed E-state index contributed by atoms with van der Waals surface area (Å²) in [6, 6.07) is 0.459. The maximum absolute atomic E-state index is 9.46. The zero-order chi connectivity index (χ0) is 14.8. The van der Waals surface area contributed by atoms with E-state index in [1.54, 1.807) is 7.11 Å². The van der Waals surface area contributed by atoms with Gasteiger partial charge < -0.3 is 9.84 Å². The summed E-state index contributed by atoms with van der Waals surface area (Å²) in [4.78, 5) is 2.38. The third kappa shape index (κ3) is 3.36. The van der Waals surface area contributed by atoms with E-state index in [1.807, 2.05) is 9.25 Å². The van der Waals surface area contributed by atoms with Crippen molar-refractivity contribution in [3.05, 3.63) is 10.6 Å². The molecule has 1 aliphatic carbocycles. The lowest BCUT2D eigenvalue weighted by Gasteiger charge is -2.31. The molecular formula is C14H24N4O2S. The molecular weight excluding hydrogens is 288 g/mol. The number of nitrogens with zero attached hydrogens (tertiary/aromatic N) is 4. The summed E-state index contributed by atoms with van der Waals surface area (Å²) in [6.07, 6.45) is 4.62. The minimum Gasteiger partial charge on any atom is -0.388 e. The van der Waals surface area contributed by atoms with Gasteiger partial charge in [-0.25, -0.2) is 4.68 Å². The van der Waals surface area contributed by atoms with E-state index in [9.17, 15) is 5.11 Å². The first-order valence-corrected chi connectivity index (χ1v) is 8.14. The second kappa shape index (κ2) is 6.56. The molecule has 21 heavy (non-hydrogen) atoms. The van der Waals surface area contributed by atoms with E-state index in [1.165, 1.54) is 0 Å². The highest BCUT2D eigenvalue weighted by molar-refractivity contribution is 7.71. The van der Waals surface area contributed by atoms with Crippen LogP contribution in [0.3, 0.4) is 0 Å². The van der Waals surface area contributed by atoms with Crippen molar-refractivity contribution in [2.24, 2.45) is 5.92 Å². The van der Waals surface area contributed by atoms with Crippen LogP contribution >= 0.6 is 12.2 Å².